The highest BCUT2D eigenvalue weighted by Gasteiger charge is 2.36. The normalized spacial score (nSPS) is 18.3. The molecule has 0 N–H and O–H groups in total. The Balaban J connectivity index is 1.70. The third-order valence-electron chi connectivity index (χ3n) is 3.33. The Morgan fingerprint density at radius 1 is 1.14 bits per heavy atom. The first-order valence-corrected chi connectivity index (χ1v) is 7.97. The minimum atomic E-state index is -0.114. The summed E-state index contributed by atoms with van der Waals surface area (Å²) in [6.45, 7) is 0.504. The van der Waals surface area contributed by atoms with Crippen LogP contribution in [0.25, 0.3) is 0 Å². The second kappa shape index (κ2) is 6.37. The first-order valence-electron chi connectivity index (χ1n) is 6.69. The number of hydrogen-bond acceptors (Lipinski definition) is 4. The van der Waals surface area contributed by atoms with Crippen LogP contribution in [0.4, 0.5) is 0 Å². The summed E-state index contributed by atoms with van der Waals surface area (Å²) < 4.78 is 0.657. The molecule has 1 amide bonds. The van der Waals surface area contributed by atoms with Gasteiger partial charge in [0.2, 0.25) is 5.91 Å². The summed E-state index contributed by atoms with van der Waals surface area (Å²) in [5, 5.41) is -0.114. The lowest BCUT2D eigenvalue weighted by Crippen LogP contribution is -2.31. The van der Waals surface area contributed by atoms with Gasteiger partial charge >= 0.3 is 0 Å². The van der Waals surface area contributed by atoms with Crippen LogP contribution in [0.2, 0.25) is 0 Å². The largest absolute Gasteiger partial charge is 0.292 e. The number of thioether (sulfide) groups is 1. The van der Waals surface area contributed by atoms with Gasteiger partial charge in [0.25, 0.3) is 0 Å². The van der Waals surface area contributed by atoms with Crippen LogP contribution < -0.4 is 0 Å². The number of thiocarbonyl (C=S) groups is 1. The fraction of sp³-hybridized carbons (Fsp3) is 0.188. The molecule has 1 aliphatic rings. The lowest BCUT2D eigenvalue weighted by Gasteiger charge is -2.15. The number of pyridine rings is 1. The highest BCUT2D eigenvalue weighted by molar-refractivity contribution is 8.24. The minimum absolute atomic E-state index is 0.0951. The van der Waals surface area contributed by atoms with Crippen molar-refractivity contribution in [2.45, 2.75) is 18.2 Å². The average molecular weight is 314 g/mol. The van der Waals surface area contributed by atoms with Crippen molar-refractivity contribution >= 4 is 34.2 Å². The first kappa shape index (κ1) is 14.2. The summed E-state index contributed by atoms with van der Waals surface area (Å²) in [5.41, 5.74) is 2.16. The molecule has 0 aliphatic carbocycles. The van der Waals surface area contributed by atoms with Crippen LogP contribution >= 0.6 is 24.0 Å². The van der Waals surface area contributed by atoms with Crippen LogP contribution in [0.15, 0.2) is 54.9 Å². The Morgan fingerprint density at radius 3 is 2.62 bits per heavy atom. The zero-order valence-electron chi connectivity index (χ0n) is 11.3. The van der Waals surface area contributed by atoms with E-state index in [1.54, 1.807) is 17.3 Å². The van der Waals surface area contributed by atoms with Gasteiger partial charge in [0.15, 0.2) is 0 Å². The molecule has 1 aromatic carbocycles. The molecular weight excluding hydrogens is 300 g/mol. The van der Waals surface area contributed by atoms with Crippen LogP contribution in [-0.4, -0.2) is 25.4 Å². The van der Waals surface area contributed by atoms with Gasteiger partial charge in [-0.1, -0.05) is 60.4 Å². The fourth-order valence-corrected chi connectivity index (χ4v) is 3.81. The molecule has 3 rings (SSSR count). The molecule has 1 atom stereocenters. The van der Waals surface area contributed by atoms with Crippen molar-refractivity contribution in [1.82, 2.24) is 9.88 Å². The maximum absolute atomic E-state index is 12.5. The number of hydrogen-bond donors (Lipinski definition) is 0. The monoisotopic (exact) mass is 314 g/mol. The van der Waals surface area contributed by atoms with Crippen molar-refractivity contribution in [2.24, 2.45) is 0 Å². The summed E-state index contributed by atoms with van der Waals surface area (Å²) in [6.07, 6.45) is 4.21. The quantitative estimate of drug-likeness (QED) is 0.812. The van der Waals surface area contributed by atoms with Gasteiger partial charge in [-0.15, -0.1) is 0 Å². The van der Waals surface area contributed by atoms with Crippen LogP contribution in [0, 0.1) is 0 Å². The summed E-state index contributed by atoms with van der Waals surface area (Å²) >= 11 is 6.84. The molecule has 1 aliphatic heterocycles. The van der Waals surface area contributed by atoms with Crippen molar-refractivity contribution in [2.75, 3.05) is 0 Å². The number of benzene rings is 1. The second-order valence-corrected chi connectivity index (χ2v) is 6.68. The maximum atomic E-state index is 12.5. The molecule has 1 saturated heterocycles. The molecule has 0 saturated carbocycles. The molecule has 2 aromatic rings. The number of carbonyl (C=O) groups excluding carboxylic acids is 1. The topological polar surface area (TPSA) is 33.2 Å². The van der Waals surface area contributed by atoms with E-state index in [-0.39, 0.29) is 11.2 Å². The van der Waals surface area contributed by atoms with E-state index in [9.17, 15) is 4.79 Å². The van der Waals surface area contributed by atoms with Crippen LogP contribution in [-0.2, 0) is 17.8 Å². The molecule has 1 aromatic heterocycles. The number of amides is 1. The van der Waals surface area contributed by atoms with E-state index in [4.69, 9.17) is 12.2 Å². The van der Waals surface area contributed by atoms with Gasteiger partial charge in [0.05, 0.1) is 11.8 Å². The second-order valence-electron chi connectivity index (χ2n) is 4.85. The highest BCUT2D eigenvalue weighted by Crippen LogP contribution is 2.31. The lowest BCUT2D eigenvalue weighted by atomic mass is 10.1. The molecule has 5 heteroatoms. The SMILES string of the molecule is O=C1[C@@H](Cc2ccccc2)SC(=S)N1Cc1cccnc1. The molecule has 0 unspecified atom stereocenters. The first-order chi connectivity index (χ1) is 10.2. The van der Waals surface area contributed by atoms with E-state index in [2.05, 4.69) is 4.98 Å². The third-order valence-corrected chi connectivity index (χ3v) is 4.92. The van der Waals surface area contributed by atoms with Gasteiger partial charge in [0.1, 0.15) is 4.32 Å². The van der Waals surface area contributed by atoms with Crippen LogP contribution in [0.3, 0.4) is 0 Å². The van der Waals surface area contributed by atoms with E-state index in [1.165, 1.54) is 11.8 Å². The smallest absolute Gasteiger partial charge is 0.242 e. The summed E-state index contributed by atoms with van der Waals surface area (Å²) in [4.78, 5) is 18.3. The fourth-order valence-electron chi connectivity index (χ4n) is 2.27. The molecule has 3 nitrogen and oxygen atoms in total. The molecular formula is C16H14N2OS2. The van der Waals surface area contributed by atoms with Crippen LogP contribution in [0.1, 0.15) is 11.1 Å². The maximum Gasteiger partial charge on any atom is 0.242 e. The number of nitrogens with zero attached hydrogens (tertiary/aromatic N) is 2. The summed E-state index contributed by atoms with van der Waals surface area (Å²) in [6, 6.07) is 13.9. The Hall–Kier alpha value is -1.72. The molecule has 0 spiro atoms. The average Bonchev–Trinajstić information content (AvgIpc) is 2.77. The van der Waals surface area contributed by atoms with Crippen molar-refractivity contribution < 1.29 is 4.79 Å². The summed E-state index contributed by atoms with van der Waals surface area (Å²) in [5.74, 6) is 0.0951. The van der Waals surface area contributed by atoms with Gasteiger partial charge in [0, 0.05) is 12.4 Å². The zero-order chi connectivity index (χ0) is 14.7. The minimum Gasteiger partial charge on any atom is -0.292 e. The van der Waals surface area contributed by atoms with Gasteiger partial charge < -0.3 is 0 Å². The zero-order valence-corrected chi connectivity index (χ0v) is 12.9. The number of aromatic nitrogens is 1. The predicted molar refractivity (Wildman–Crippen MR) is 88.9 cm³/mol. The van der Waals surface area contributed by atoms with Gasteiger partial charge in [-0.05, 0) is 23.6 Å². The Bertz CT molecular complexity index is 646. The van der Waals surface area contributed by atoms with Crippen molar-refractivity contribution in [3.05, 3.63) is 66.0 Å². The third kappa shape index (κ3) is 3.31. The van der Waals surface area contributed by atoms with Crippen molar-refractivity contribution in [3.8, 4) is 0 Å². The molecule has 21 heavy (non-hydrogen) atoms. The van der Waals surface area contributed by atoms with Gasteiger partial charge in [-0.25, -0.2) is 0 Å². The molecule has 2 heterocycles. The Kier molecular flexibility index (Phi) is 4.31. The summed E-state index contributed by atoms with van der Waals surface area (Å²) in [7, 11) is 0. The van der Waals surface area contributed by atoms with E-state index in [0.717, 1.165) is 11.1 Å². The molecule has 0 bridgehead atoms. The molecule has 0 radical (unpaired) electrons. The predicted octanol–water partition coefficient (Wildman–Crippen LogP) is 3.05. The molecule has 106 valence electrons. The Labute approximate surface area is 133 Å². The number of carbonyl (C=O) groups is 1. The van der Waals surface area contributed by atoms with E-state index >= 15 is 0 Å². The Morgan fingerprint density at radius 2 is 1.90 bits per heavy atom. The van der Waals surface area contributed by atoms with E-state index < -0.39 is 0 Å². The van der Waals surface area contributed by atoms with Gasteiger partial charge in [-0.3, -0.25) is 14.7 Å². The van der Waals surface area contributed by atoms with Crippen LogP contribution in [0.5, 0.6) is 0 Å². The van der Waals surface area contributed by atoms with Crippen molar-refractivity contribution in [1.29, 1.82) is 0 Å². The standard InChI is InChI=1S/C16H14N2OS2/c19-15-14(9-12-5-2-1-3-6-12)21-16(20)18(15)11-13-7-4-8-17-10-13/h1-8,10,14H,9,11H2/t14-/m1/s1. The lowest BCUT2D eigenvalue weighted by molar-refractivity contribution is -0.126. The highest BCUT2D eigenvalue weighted by atomic mass is 32.2. The number of rotatable bonds is 4. The van der Waals surface area contributed by atoms with Gasteiger partial charge in [-0.2, -0.15) is 0 Å². The van der Waals surface area contributed by atoms with Crippen molar-refractivity contribution in [3.63, 3.8) is 0 Å². The molecule has 1 fully saturated rings. The van der Waals surface area contributed by atoms with E-state index in [1.807, 2.05) is 42.5 Å². The van der Waals surface area contributed by atoms with E-state index in [0.29, 0.717) is 17.3 Å².